The highest BCUT2D eigenvalue weighted by molar-refractivity contribution is 5.89. The van der Waals surface area contributed by atoms with E-state index >= 15 is 0 Å². The Morgan fingerprint density at radius 2 is 1.81 bits per heavy atom. The molecule has 0 radical (unpaired) electrons. The second-order valence-electron chi connectivity index (χ2n) is 3.73. The molecule has 0 aliphatic carbocycles. The lowest BCUT2D eigenvalue weighted by atomic mass is 10.1. The van der Waals surface area contributed by atoms with Crippen LogP contribution in [0.2, 0.25) is 0 Å². The quantitative estimate of drug-likeness (QED) is 0.776. The van der Waals surface area contributed by atoms with Crippen LogP contribution >= 0.6 is 0 Å². The van der Waals surface area contributed by atoms with Crippen molar-refractivity contribution in [3.63, 3.8) is 0 Å². The van der Waals surface area contributed by atoms with Gasteiger partial charge in [0.1, 0.15) is 0 Å². The summed E-state index contributed by atoms with van der Waals surface area (Å²) in [5, 5.41) is 3.41. The Bertz CT molecular complexity index is 328. The first kappa shape index (κ1) is 12.6. The zero-order valence-electron chi connectivity index (χ0n) is 10.1. The number of nitrogens with one attached hydrogen (secondary N) is 1. The molecule has 1 aromatic carbocycles. The van der Waals surface area contributed by atoms with Gasteiger partial charge in [0.15, 0.2) is 0 Å². The van der Waals surface area contributed by atoms with Crippen molar-refractivity contribution >= 4 is 11.7 Å². The number of ether oxygens (including phenoxy) is 1. The molecule has 1 N–H and O–H groups in total. The smallest absolute Gasteiger partial charge is 0.337 e. The molecule has 0 spiro atoms. The van der Waals surface area contributed by atoms with Gasteiger partial charge in [0.25, 0.3) is 0 Å². The van der Waals surface area contributed by atoms with Crippen LogP contribution in [0.3, 0.4) is 0 Å². The molecular weight excluding hydrogens is 202 g/mol. The molecular formula is C13H19NO2. The molecule has 88 valence electrons. The van der Waals surface area contributed by atoms with Crippen molar-refractivity contribution in [3.8, 4) is 0 Å². The summed E-state index contributed by atoms with van der Waals surface area (Å²) in [6, 6.07) is 7.85. The standard InChI is InChI=1S/C13H19NO2/c1-4-11(5-2)14-12-8-6-10(7-9-12)13(15)16-3/h6-9,11,14H,4-5H2,1-3H3. The van der Waals surface area contributed by atoms with Crippen molar-refractivity contribution in [2.45, 2.75) is 32.7 Å². The Hall–Kier alpha value is -1.51. The number of methoxy groups -OCH3 is 1. The summed E-state index contributed by atoms with van der Waals surface area (Å²) in [6.07, 6.45) is 2.19. The molecule has 0 unspecified atom stereocenters. The van der Waals surface area contributed by atoms with Crippen LogP contribution in [0.1, 0.15) is 37.0 Å². The van der Waals surface area contributed by atoms with Gasteiger partial charge in [-0.15, -0.1) is 0 Å². The minimum Gasteiger partial charge on any atom is -0.465 e. The number of rotatable bonds is 5. The summed E-state index contributed by atoms with van der Waals surface area (Å²) in [6.45, 7) is 4.31. The highest BCUT2D eigenvalue weighted by Gasteiger charge is 2.06. The number of esters is 1. The Morgan fingerprint density at radius 1 is 1.25 bits per heavy atom. The van der Waals surface area contributed by atoms with E-state index < -0.39 is 0 Å². The van der Waals surface area contributed by atoms with Gasteiger partial charge in [0.05, 0.1) is 12.7 Å². The number of anilines is 1. The van der Waals surface area contributed by atoms with Gasteiger partial charge in [0, 0.05) is 11.7 Å². The van der Waals surface area contributed by atoms with Crippen molar-refractivity contribution in [3.05, 3.63) is 29.8 Å². The maximum absolute atomic E-state index is 11.2. The Morgan fingerprint density at radius 3 is 2.25 bits per heavy atom. The number of hydrogen-bond donors (Lipinski definition) is 1. The van der Waals surface area contributed by atoms with Gasteiger partial charge >= 0.3 is 5.97 Å². The highest BCUT2D eigenvalue weighted by atomic mass is 16.5. The lowest BCUT2D eigenvalue weighted by Crippen LogP contribution is -2.16. The fourth-order valence-corrected chi connectivity index (χ4v) is 1.55. The molecule has 0 fully saturated rings. The van der Waals surface area contributed by atoms with Crippen molar-refractivity contribution in [2.75, 3.05) is 12.4 Å². The fraction of sp³-hybridized carbons (Fsp3) is 0.462. The van der Waals surface area contributed by atoms with Gasteiger partial charge in [-0.3, -0.25) is 0 Å². The van der Waals surface area contributed by atoms with E-state index in [0.29, 0.717) is 11.6 Å². The second kappa shape index (κ2) is 6.16. The Labute approximate surface area is 96.8 Å². The van der Waals surface area contributed by atoms with Crippen molar-refractivity contribution < 1.29 is 9.53 Å². The molecule has 3 nitrogen and oxygen atoms in total. The third kappa shape index (κ3) is 3.26. The van der Waals surface area contributed by atoms with E-state index in [2.05, 4.69) is 23.9 Å². The van der Waals surface area contributed by atoms with Gasteiger partial charge in [0.2, 0.25) is 0 Å². The first-order chi connectivity index (χ1) is 7.71. The number of carbonyl (C=O) groups excluding carboxylic acids is 1. The van der Waals surface area contributed by atoms with E-state index in [1.54, 1.807) is 12.1 Å². The predicted molar refractivity (Wildman–Crippen MR) is 65.8 cm³/mol. The maximum atomic E-state index is 11.2. The van der Waals surface area contributed by atoms with E-state index in [0.717, 1.165) is 18.5 Å². The van der Waals surface area contributed by atoms with Crippen LogP contribution in [0.25, 0.3) is 0 Å². The Kier molecular flexibility index (Phi) is 4.83. The molecule has 0 amide bonds. The molecule has 0 atom stereocenters. The second-order valence-corrected chi connectivity index (χ2v) is 3.73. The SMILES string of the molecule is CCC(CC)Nc1ccc(C(=O)OC)cc1. The average Bonchev–Trinajstić information content (AvgIpc) is 2.35. The summed E-state index contributed by atoms with van der Waals surface area (Å²) >= 11 is 0. The molecule has 16 heavy (non-hydrogen) atoms. The van der Waals surface area contributed by atoms with Crippen LogP contribution in [0.15, 0.2) is 24.3 Å². The van der Waals surface area contributed by atoms with Gasteiger partial charge in [-0.05, 0) is 37.1 Å². The maximum Gasteiger partial charge on any atom is 0.337 e. The topological polar surface area (TPSA) is 38.3 Å². The van der Waals surface area contributed by atoms with Crippen molar-refractivity contribution in [2.24, 2.45) is 0 Å². The largest absolute Gasteiger partial charge is 0.465 e. The summed E-state index contributed by atoms with van der Waals surface area (Å²) in [5.74, 6) is -0.297. The van der Waals surface area contributed by atoms with E-state index in [1.165, 1.54) is 7.11 Å². The molecule has 0 saturated carbocycles. The number of carbonyl (C=O) groups is 1. The molecule has 1 aromatic rings. The van der Waals surface area contributed by atoms with Gasteiger partial charge < -0.3 is 10.1 Å². The summed E-state index contributed by atoms with van der Waals surface area (Å²) in [4.78, 5) is 11.2. The predicted octanol–water partition coefficient (Wildman–Crippen LogP) is 3.07. The molecule has 0 bridgehead atoms. The number of hydrogen-bond acceptors (Lipinski definition) is 3. The molecule has 0 saturated heterocycles. The van der Waals surface area contributed by atoms with Crippen molar-refractivity contribution in [1.29, 1.82) is 0 Å². The van der Waals surface area contributed by atoms with E-state index in [-0.39, 0.29) is 5.97 Å². The summed E-state index contributed by atoms with van der Waals surface area (Å²) < 4.78 is 4.64. The van der Waals surface area contributed by atoms with Crippen LogP contribution in [0.5, 0.6) is 0 Å². The molecule has 0 aliphatic heterocycles. The third-order valence-corrected chi connectivity index (χ3v) is 2.66. The van der Waals surface area contributed by atoms with Crippen LogP contribution < -0.4 is 5.32 Å². The fourth-order valence-electron chi connectivity index (χ4n) is 1.55. The minimum atomic E-state index is -0.297. The van der Waals surface area contributed by atoms with E-state index in [4.69, 9.17) is 0 Å². The van der Waals surface area contributed by atoms with Gasteiger partial charge in [-0.25, -0.2) is 4.79 Å². The first-order valence-corrected chi connectivity index (χ1v) is 5.66. The lowest BCUT2D eigenvalue weighted by Gasteiger charge is -2.16. The van der Waals surface area contributed by atoms with Gasteiger partial charge in [-0.1, -0.05) is 13.8 Å². The third-order valence-electron chi connectivity index (χ3n) is 2.66. The normalized spacial score (nSPS) is 10.2. The zero-order valence-corrected chi connectivity index (χ0v) is 10.1. The molecule has 0 heterocycles. The van der Waals surface area contributed by atoms with Crippen molar-refractivity contribution in [1.82, 2.24) is 0 Å². The van der Waals surface area contributed by atoms with Crippen LogP contribution in [-0.4, -0.2) is 19.1 Å². The van der Waals surface area contributed by atoms with Crippen LogP contribution in [0, 0.1) is 0 Å². The van der Waals surface area contributed by atoms with Gasteiger partial charge in [-0.2, -0.15) is 0 Å². The first-order valence-electron chi connectivity index (χ1n) is 5.66. The molecule has 0 aliphatic rings. The summed E-state index contributed by atoms with van der Waals surface area (Å²) in [5.41, 5.74) is 1.62. The molecule has 1 rings (SSSR count). The minimum absolute atomic E-state index is 0.297. The Balaban J connectivity index is 2.67. The molecule has 0 aromatic heterocycles. The monoisotopic (exact) mass is 221 g/mol. The lowest BCUT2D eigenvalue weighted by molar-refractivity contribution is 0.0601. The van der Waals surface area contributed by atoms with E-state index in [9.17, 15) is 4.79 Å². The van der Waals surface area contributed by atoms with E-state index in [1.807, 2.05) is 12.1 Å². The average molecular weight is 221 g/mol. The number of benzene rings is 1. The van der Waals surface area contributed by atoms with Crippen LogP contribution in [0.4, 0.5) is 5.69 Å². The zero-order chi connectivity index (χ0) is 12.0. The summed E-state index contributed by atoms with van der Waals surface area (Å²) in [7, 11) is 1.39. The highest BCUT2D eigenvalue weighted by Crippen LogP contribution is 2.13. The molecule has 3 heteroatoms. The van der Waals surface area contributed by atoms with Crippen LogP contribution in [-0.2, 0) is 4.74 Å².